The van der Waals surface area contributed by atoms with Crippen molar-refractivity contribution in [3.63, 3.8) is 0 Å². The van der Waals surface area contributed by atoms with Gasteiger partial charge in [-0.25, -0.2) is 9.78 Å². The van der Waals surface area contributed by atoms with E-state index in [1.54, 1.807) is 10.7 Å². The number of amides is 1. The third-order valence-electron chi connectivity index (χ3n) is 2.83. The van der Waals surface area contributed by atoms with Crippen molar-refractivity contribution in [3.05, 3.63) is 33.5 Å². The van der Waals surface area contributed by atoms with E-state index >= 15 is 0 Å². The zero-order valence-electron chi connectivity index (χ0n) is 11.8. The molecular weight excluding hydrogens is 292 g/mol. The van der Waals surface area contributed by atoms with Crippen molar-refractivity contribution in [2.45, 2.75) is 26.8 Å². The fourth-order valence-electron chi connectivity index (χ4n) is 1.87. The number of aryl methyl sites for hydroxylation is 2. The largest absolute Gasteiger partial charge is 0.476 e. The van der Waals surface area contributed by atoms with Crippen LogP contribution in [-0.4, -0.2) is 38.3 Å². The van der Waals surface area contributed by atoms with Gasteiger partial charge in [0.15, 0.2) is 5.69 Å². The number of thiazole rings is 1. The standard InChI is InChI=1S/C13H16N4O3S/c1-3-17-10(6-8(2)16-17)12(18)14-5-4-11-15-9(7-21-11)13(19)20/h6-7H,3-5H2,1-2H3,(H,14,18)(H,19,20). The van der Waals surface area contributed by atoms with E-state index in [1.807, 2.05) is 13.8 Å². The van der Waals surface area contributed by atoms with Crippen LogP contribution in [0.25, 0.3) is 0 Å². The first-order valence-electron chi connectivity index (χ1n) is 6.51. The zero-order valence-corrected chi connectivity index (χ0v) is 12.6. The summed E-state index contributed by atoms with van der Waals surface area (Å²) in [7, 11) is 0. The second kappa shape index (κ2) is 6.49. The maximum Gasteiger partial charge on any atom is 0.355 e. The highest BCUT2D eigenvalue weighted by Crippen LogP contribution is 2.10. The fraction of sp³-hybridized carbons (Fsp3) is 0.385. The molecule has 0 aliphatic rings. The molecular formula is C13H16N4O3S. The molecule has 0 unspecified atom stereocenters. The van der Waals surface area contributed by atoms with Crippen LogP contribution in [0.4, 0.5) is 0 Å². The van der Waals surface area contributed by atoms with Gasteiger partial charge < -0.3 is 10.4 Å². The van der Waals surface area contributed by atoms with E-state index in [1.165, 1.54) is 16.7 Å². The Morgan fingerprint density at radius 2 is 2.24 bits per heavy atom. The van der Waals surface area contributed by atoms with E-state index in [4.69, 9.17) is 5.11 Å². The first kappa shape index (κ1) is 15.2. The molecule has 2 rings (SSSR count). The van der Waals surface area contributed by atoms with Gasteiger partial charge in [0.1, 0.15) is 5.69 Å². The summed E-state index contributed by atoms with van der Waals surface area (Å²) in [5.41, 5.74) is 1.37. The summed E-state index contributed by atoms with van der Waals surface area (Å²) < 4.78 is 1.65. The molecule has 0 aliphatic heterocycles. The summed E-state index contributed by atoms with van der Waals surface area (Å²) in [4.78, 5) is 26.7. The molecule has 8 heteroatoms. The van der Waals surface area contributed by atoms with E-state index in [-0.39, 0.29) is 11.6 Å². The first-order chi connectivity index (χ1) is 10.0. The number of rotatable bonds is 6. The summed E-state index contributed by atoms with van der Waals surface area (Å²) in [6, 6.07) is 1.74. The molecule has 0 aliphatic carbocycles. The van der Waals surface area contributed by atoms with Gasteiger partial charge in [-0.2, -0.15) is 5.10 Å². The zero-order chi connectivity index (χ0) is 15.4. The minimum absolute atomic E-state index is 0.0426. The number of carbonyl (C=O) groups excluding carboxylic acids is 1. The monoisotopic (exact) mass is 308 g/mol. The summed E-state index contributed by atoms with van der Waals surface area (Å²) in [6.45, 7) is 4.79. The number of hydrogen-bond acceptors (Lipinski definition) is 5. The van der Waals surface area contributed by atoms with Gasteiger partial charge >= 0.3 is 5.97 Å². The van der Waals surface area contributed by atoms with Crippen LogP contribution in [0.3, 0.4) is 0 Å². The Morgan fingerprint density at radius 3 is 2.86 bits per heavy atom. The molecule has 1 amide bonds. The van der Waals surface area contributed by atoms with Crippen molar-refractivity contribution < 1.29 is 14.7 Å². The lowest BCUT2D eigenvalue weighted by Crippen LogP contribution is -2.28. The number of aromatic carboxylic acids is 1. The molecule has 7 nitrogen and oxygen atoms in total. The molecule has 0 atom stereocenters. The maximum absolute atomic E-state index is 12.1. The highest BCUT2D eigenvalue weighted by atomic mass is 32.1. The molecule has 2 heterocycles. The second-order valence-corrected chi connectivity index (χ2v) is 5.37. The van der Waals surface area contributed by atoms with Gasteiger partial charge in [0.25, 0.3) is 5.91 Å². The van der Waals surface area contributed by atoms with Gasteiger partial charge in [-0.1, -0.05) is 0 Å². The predicted molar refractivity (Wildman–Crippen MR) is 77.7 cm³/mol. The van der Waals surface area contributed by atoms with Crippen LogP contribution in [0, 0.1) is 6.92 Å². The smallest absolute Gasteiger partial charge is 0.355 e. The summed E-state index contributed by atoms with van der Waals surface area (Å²) in [5, 5.41) is 18.0. The Morgan fingerprint density at radius 1 is 1.48 bits per heavy atom. The summed E-state index contributed by atoms with van der Waals surface area (Å²) in [6.07, 6.45) is 0.503. The van der Waals surface area contributed by atoms with Crippen molar-refractivity contribution in [2.24, 2.45) is 0 Å². The van der Waals surface area contributed by atoms with Gasteiger partial charge in [-0.15, -0.1) is 11.3 Å². The normalized spacial score (nSPS) is 10.6. The summed E-state index contributed by atoms with van der Waals surface area (Å²) >= 11 is 1.28. The van der Waals surface area contributed by atoms with Crippen molar-refractivity contribution in [2.75, 3.05) is 6.54 Å². The first-order valence-corrected chi connectivity index (χ1v) is 7.39. The van der Waals surface area contributed by atoms with Gasteiger partial charge in [0, 0.05) is 24.9 Å². The fourth-order valence-corrected chi connectivity index (χ4v) is 2.64. The second-order valence-electron chi connectivity index (χ2n) is 4.42. The quantitative estimate of drug-likeness (QED) is 0.839. The van der Waals surface area contributed by atoms with Crippen LogP contribution < -0.4 is 5.32 Å². The lowest BCUT2D eigenvalue weighted by atomic mass is 10.3. The van der Waals surface area contributed by atoms with Crippen molar-refractivity contribution in [1.29, 1.82) is 0 Å². The Balaban J connectivity index is 1.90. The SMILES string of the molecule is CCn1nc(C)cc1C(=O)NCCc1nc(C(=O)O)cs1. The molecule has 0 saturated carbocycles. The van der Waals surface area contributed by atoms with E-state index in [2.05, 4.69) is 15.4 Å². The highest BCUT2D eigenvalue weighted by molar-refractivity contribution is 7.09. The lowest BCUT2D eigenvalue weighted by Gasteiger charge is -2.05. The minimum Gasteiger partial charge on any atom is -0.476 e. The molecule has 0 saturated heterocycles. The highest BCUT2D eigenvalue weighted by Gasteiger charge is 2.13. The summed E-state index contributed by atoms with van der Waals surface area (Å²) in [5.74, 6) is -1.23. The van der Waals surface area contributed by atoms with Crippen LogP contribution in [0.5, 0.6) is 0 Å². The maximum atomic E-state index is 12.1. The van der Waals surface area contributed by atoms with Crippen LogP contribution in [0.15, 0.2) is 11.4 Å². The molecule has 2 aromatic heterocycles. The van der Waals surface area contributed by atoms with E-state index in [0.717, 1.165) is 5.69 Å². The Kier molecular flexibility index (Phi) is 4.69. The van der Waals surface area contributed by atoms with E-state index < -0.39 is 5.97 Å². The Labute approximate surface area is 125 Å². The number of carbonyl (C=O) groups is 2. The molecule has 2 N–H and O–H groups in total. The molecule has 0 fully saturated rings. The van der Waals surface area contributed by atoms with E-state index in [9.17, 15) is 9.59 Å². The molecule has 0 aromatic carbocycles. The van der Waals surface area contributed by atoms with Crippen LogP contribution in [-0.2, 0) is 13.0 Å². The molecule has 21 heavy (non-hydrogen) atoms. The van der Waals surface area contributed by atoms with E-state index in [0.29, 0.717) is 30.2 Å². The van der Waals surface area contributed by atoms with Gasteiger partial charge in [0.2, 0.25) is 0 Å². The van der Waals surface area contributed by atoms with Crippen molar-refractivity contribution in [1.82, 2.24) is 20.1 Å². The van der Waals surface area contributed by atoms with Gasteiger partial charge in [0.05, 0.1) is 10.7 Å². The van der Waals surface area contributed by atoms with Gasteiger partial charge in [-0.3, -0.25) is 9.48 Å². The average molecular weight is 308 g/mol. The number of nitrogens with one attached hydrogen (secondary N) is 1. The third-order valence-corrected chi connectivity index (χ3v) is 3.74. The number of nitrogens with zero attached hydrogens (tertiary/aromatic N) is 3. The molecule has 2 aromatic rings. The lowest BCUT2D eigenvalue weighted by molar-refractivity contribution is 0.0690. The molecule has 0 bridgehead atoms. The third kappa shape index (κ3) is 3.66. The molecule has 0 spiro atoms. The van der Waals surface area contributed by atoms with Crippen molar-refractivity contribution >= 4 is 23.2 Å². The molecule has 112 valence electrons. The average Bonchev–Trinajstić information content (AvgIpc) is 3.05. The van der Waals surface area contributed by atoms with Crippen LogP contribution >= 0.6 is 11.3 Å². The Hall–Kier alpha value is -2.22. The number of hydrogen-bond donors (Lipinski definition) is 2. The van der Waals surface area contributed by atoms with Gasteiger partial charge in [-0.05, 0) is 19.9 Å². The number of carboxylic acid groups (broad SMARTS) is 1. The number of aromatic nitrogens is 3. The molecule has 0 radical (unpaired) electrons. The van der Waals surface area contributed by atoms with Crippen LogP contribution in [0.1, 0.15) is 38.6 Å². The Bertz CT molecular complexity index is 662. The van der Waals surface area contributed by atoms with Crippen molar-refractivity contribution in [3.8, 4) is 0 Å². The topological polar surface area (TPSA) is 97.1 Å². The number of carboxylic acids is 1. The minimum atomic E-state index is -1.04. The predicted octanol–water partition coefficient (Wildman–Crippen LogP) is 1.34. The van der Waals surface area contributed by atoms with Crippen LogP contribution in [0.2, 0.25) is 0 Å².